The molecule has 0 aliphatic carbocycles. The maximum Gasteiger partial charge on any atom is 0.0220 e. The summed E-state index contributed by atoms with van der Waals surface area (Å²) in [5, 5.41) is 3.51. The van der Waals surface area contributed by atoms with Crippen LogP contribution in [0.15, 0.2) is 30.3 Å². The quantitative estimate of drug-likeness (QED) is 0.810. The molecule has 1 saturated heterocycles. The smallest absolute Gasteiger partial charge is 0.0220 e. The summed E-state index contributed by atoms with van der Waals surface area (Å²) < 4.78 is 0. The van der Waals surface area contributed by atoms with E-state index in [1.165, 1.54) is 57.3 Å². The molecule has 0 amide bonds. The number of nitrogens with one attached hydrogen (secondary N) is 1. The van der Waals surface area contributed by atoms with E-state index in [9.17, 15) is 0 Å². The molecule has 19 heavy (non-hydrogen) atoms. The Bertz CT molecular complexity index is 336. The number of likely N-dealkylation sites (N-methyl/N-ethyl adjacent to an activating group) is 1. The average Bonchev–Trinajstić information content (AvgIpc) is 2.47. The van der Waals surface area contributed by atoms with E-state index in [0.29, 0.717) is 0 Å². The molecule has 1 atom stereocenters. The van der Waals surface area contributed by atoms with Crippen molar-refractivity contribution in [1.82, 2.24) is 10.2 Å². The number of piperidine rings is 1. The van der Waals surface area contributed by atoms with Crippen molar-refractivity contribution in [2.24, 2.45) is 0 Å². The van der Waals surface area contributed by atoms with Crippen molar-refractivity contribution in [3.63, 3.8) is 0 Å². The Hall–Kier alpha value is -0.860. The van der Waals surface area contributed by atoms with Gasteiger partial charge in [0, 0.05) is 12.6 Å². The molecule has 0 spiro atoms. The minimum Gasteiger partial charge on any atom is -0.315 e. The molecular formula is C17H28N2. The number of hydrogen-bond acceptors (Lipinski definition) is 2. The molecule has 1 aliphatic heterocycles. The van der Waals surface area contributed by atoms with E-state index in [1.807, 2.05) is 0 Å². The lowest BCUT2D eigenvalue weighted by Gasteiger charge is -2.36. The van der Waals surface area contributed by atoms with Crippen LogP contribution in [-0.4, -0.2) is 37.1 Å². The highest BCUT2D eigenvalue weighted by Gasteiger charge is 2.20. The van der Waals surface area contributed by atoms with E-state index in [2.05, 4.69) is 47.5 Å². The van der Waals surface area contributed by atoms with Gasteiger partial charge >= 0.3 is 0 Å². The van der Waals surface area contributed by atoms with Crippen molar-refractivity contribution in [2.75, 3.05) is 26.2 Å². The Kier molecular flexibility index (Phi) is 6.38. The third-order valence-electron chi connectivity index (χ3n) is 4.13. The van der Waals surface area contributed by atoms with Gasteiger partial charge in [-0.2, -0.15) is 0 Å². The molecule has 0 aromatic heterocycles. The summed E-state index contributed by atoms with van der Waals surface area (Å²) in [6.45, 7) is 7.01. The molecule has 1 aliphatic rings. The molecule has 1 aromatic rings. The molecule has 2 nitrogen and oxygen atoms in total. The highest BCUT2D eigenvalue weighted by atomic mass is 15.2. The van der Waals surface area contributed by atoms with E-state index < -0.39 is 0 Å². The van der Waals surface area contributed by atoms with Crippen LogP contribution >= 0.6 is 0 Å². The van der Waals surface area contributed by atoms with E-state index in [-0.39, 0.29) is 0 Å². The fourth-order valence-electron chi connectivity index (χ4n) is 3.03. The molecule has 1 heterocycles. The van der Waals surface area contributed by atoms with Gasteiger partial charge in [0.2, 0.25) is 0 Å². The first-order valence-corrected chi connectivity index (χ1v) is 7.89. The lowest BCUT2D eigenvalue weighted by atomic mass is 10.0. The topological polar surface area (TPSA) is 15.3 Å². The summed E-state index contributed by atoms with van der Waals surface area (Å²) in [4.78, 5) is 2.70. The Morgan fingerprint density at radius 1 is 1.21 bits per heavy atom. The SMILES string of the molecule is CCNCC1CCCCN1CCCc1ccccc1. The summed E-state index contributed by atoms with van der Waals surface area (Å²) >= 11 is 0. The molecule has 2 rings (SSSR count). The van der Waals surface area contributed by atoms with Crippen LogP contribution in [-0.2, 0) is 6.42 Å². The molecule has 2 heteroatoms. The zero-order valence-corrected chi connectivity index (χ0v) is 12.3. The predicted molar refractivity (Wildman–Crippen MR) is 82.5 cm³/mol. The zero-order chi connectivity index (χ0) is 13.3. The van der Waals surface area contributed by atoms with Gasteiger partial charge in [0.15, 0.2) is 0 Å². The van der Waals surface area contributed by atoms with Crippen molar-refractivity contribution < 1.29 is 0 Å². The lowest BCUT2D eigenvalue weighted by Crippen LogP contribution is -2.45. The molecular weight excluding hydrogens is 232 g/mol. The Labute approximate surface area is 118 Å². The van der Waals surface area contributed by atoms with Gasteiger partial charge in [-0.3, -0.25) is 4.90 Å². The van der Waals surface area contributed by atoms with E-state index in [1.54, 1.807) is 0 Å². The number of likely N-dealkylation sites (tertiary alicyclic amines) is 1. The van der Waals surface area contributed by atoms with Gasteiger partial charge in [-0.05, 0) is 50.9 Å². The second-order valence-corrected chi connectivity index (χ2v) is 5.58. The lowest BCUT2D eigenvalue weighted by molar-refractivity contribution is 0.144. The monoisotopic (exact) mass is 260 g/mol. The zero-order valence-electron chi connectivity index (χ0n) is 12.3. The third kappa shape index (κ3) is 4.96. The van der Waals surface area contributed by atoms with Gasteiger partial charge in [0.05, 0.1) is 0 Å². The first-order valence-electron chi connectivity index (χ1n) is 7.89. The summed E-state index contributed by atoms with van der Waals surface area (Å²) in [7, 11) is 0. The van der Waals surface area contributed by atoms with Crippen LogP contribution in [0, 0.1) is 0 Å². The third-order valence-corrected chi connectivity index (χ3v) is 4.13. The molecule has 1 N–H and O–H groups in total. The number of aryl methyl sites for hydroxylation is 1. The van der Waals surface area contributed by atoms with Crippen LogP contribution in [0.3, 0.4) is 0 Å². The van der Waals surface area contributed by atoms with Crippen LogP contribution in [0.4, 0.5) is 0 Å². The average molecular weight is 260 g/mol. The van der Waals surface area contributed by atoms with Crippen LogP contribution in [0.25, 0.3) is 0 Å². The summed E-state index contributed by atoms with van der Waals surface area (Å²) in [5.41, 5.74) is 1.47. The van der Waals surface area contributed by atoms with Crippen LogP contribution < -0.4 is 5.32 Å². The number of rotatable bonds is 7. The molecule has 106 valence electrons. The van der Waals surface area contributed by atoms with Crippen LogP contribution in [0.5, 0.6) is 0 Å². The van der Waals surface area contributed by atoms with Gasteiger partial charge in [-0.1, -0.05) is 43.7 Å². The summed E-state index contributed by atoms with van der Waals surface area (Å²) in [6, 6.07) is 11.6. The Morgan fingerprint density at radius 3 is 2.84 bits per heavy atom. The largest absolute Gasteiger partial charge is 0.315 e. The molecule has 1 aromatic carbocycles. The number of benzene rings is 1. The summed E-state index contributed by atoms with van der Waals surface area (Å²) in [6.07, 6.45) is 6.66. The van der Waals surface area contributed by atoms with E-state index >= 15 is 0 Å². The van der Waals surface area contributed by atoms with Crippen molar-refractivity contribution in [3.05, 3.63) is 35.9 Å². The van der Waals surface area contributed by atoms with Crippen molar-refractivity contribution in [1.29, 1.82) is 0 Å². The second kappa shape index (κ2) is 8.34. The molecule has 0 saturated carbocycles. The van der Waals surface area contributed by atoms with Gasteiger partial charge in [0.25, 0.3) is 0 Å². The molecule has 1 unspecified atom stereocenters. The normalized spacial score (nSPS) is 20.6. The number of nitrogens with zero attached hydrogens (tertiary/aromatic N) is 1. The minimum absolute atomic E-state index is 0.768. The highest BCUT2D eigenvalue weighted by Crippen LogP contribution is 2.17. The Balaban J connectivity index is 1.73. The van der Waals surface area contributed by atoms with Crippen molar-refractivity contribution >= 4 is 0 Å². The number of hydrogen-bond donors (Lipinski definition) is 1. The molecule has 0 bridgehead atoms. The molecule has 1 fully saturated rings. The van der Waals surface area contributed by atoms with Crippen LogP contribution in [0.2, 0.25) is 0 Å². The second-order valence-electron chi connectivity index (χ2n) is 5.58. The summed E-state index contributed by atoms with van der Waals surface area (Å²) in [5.74, 6) is 0. The predicted octanol–water partition coefficient (Wildman–Crippen LogP) is 3.08. The van der Waals surface area contributed by atoms with Crippen molar-refractivity contribution in [3.8, 4) is 0 Å². The maximum atomic E-state index is 3.51. The standard InChI is InChI=1S/C17H28N2/c1-2-18-15-17-12-6-7-13-19(17)14-8-11-16-9-4-3-5-10-16/h3-5,9-10,17-18H,2,6-8,11-15H2,1H3. The van der Waals surface area contributed by atoms with E-state index in [0.717, 1.165) is 12.6 Å². The fraction of sp³-hybridized carbons (Fsp3) is 0.647. The van der Waals surface area contributed by atoms with E-state index in [4.69, 9.17) is 0 Å². The van der Waals surface area contributed by atoms with Gasteiger partial charge in [-0.15, -0.1) is 0 Å². The fourth-order valence-corrected chi connectivity index (χ4v) is 3.03. The highest BCUT2D eigenvalue weighted by molar-refractivity contribution is 5.14. The van der Waals surface area contributed by atoms with Gasteiger partial charge < -0.3 is 5.32 Å². The Morgan fingerprint density at radius 2 is 2.05 bits per heavy atom. The minimum atomic E-state index is 0.768. The van der Waals surface area contributed by atoms with Gasteiger partial charge in [0.1, 0.15) is 0 Å². The first-order chi connectivity index (χ1) is 9.40. The maximum absolute atomic E-state index is 3.51. The van der Waals surface area contributed by atoms with Crippen molar-refractivity contribution in [2.45, 2.75) is 45.1 Å². The first kappa shape index (κ1) is 14.5. The molecule has 0 radical (unpaired) electrons. The van der Waals surface area contributed by atoms with Crippen LogP contribution in [0.1, 0.15) is 38.2 Å². The van der Waals surface area contributed by atoms with Gasteiger partial charge in [-0.25, -0.2) is 0 Å².